The van der Waals surface area contributed by atoms with Gasteiger partial charge in [-0.25, -0.2) is 0 Å². The molecule has 0 aromatic carbocycles. The molecule has 2 N–H and O–H groups in total. The molecule has 4 heteroatoms. The molecule has 0 saturated carbocycles. The van der Waals surface area contributed by atoms with E-state index >= 15 is 0 Å². The predicted octanol–water partition coefficient (Wildman–Crippen LogP) is 1.10. The first-order valence-corrected chi connectivity index (χ1v) is 4.61. The van der Waals surface area contributed by atoms with Crippen LogP contribution in [0.2, 0.25) is 0 Å². The average molecular weight is 195 g/mol. The molecule has 0 aliphatic heterocycles. The van der Waals surface area contributed by atoms with Gasteiger partial charge < -0.3 is 5.11 Å². The fourth-order valence-electron chi connectivity index (χ4n) is 0.948. The van der Waals surface area contributed by atoms with Crippen LogP contribution in [-0.4, -0.2) is 17.6 Å². The van der Waals surface area contributed by atoms with Crippen LogP contribution in [0.3, 0.4) is 0 Å². The first kappa shape index (κ1) is 9.78. The number of hydrogen-bond donors (Lipinski definition) is 2. The Bertz CT molecular complexity index is 313. The Balaban J connectivity index is 2.70. The molecule has 3 nitrogen and oxygen atoms in total. The summed E-state index contributed by atoms with van der Waals surface area (Å²) in [5, 5.41) is 15.2. The van der Waals surface area contributed by atoms with Crippen molar-refractivity contribution in [3.05, 3.63) is 22.4 Å². The van der Waals surface area contributed by atoms with Crippen LogP contribution in [0.15, 0.2) is 16.8 Å². The summed E-state index contributed by atoms with van der Waals surface area (Å²) in [4.78, 5) is 10.8. The number of terminal acetylenes is 1. The fourth-order valence-corrected chi connectivity index (χ4v) is 1.63. The smallest absolute Gasteiger partial charge is 0.325 e. The summed E-state index contributed by atoms with van der Waals surface area (Å²) < 4.78 is 0. The van der Waals surface area contributed by atoms with Crippen molar-refractivity contribution in [3.8, 4) is 12.3 Å². The van der Waals surface area contributed by atoms with Crippen LogP contribution >= 0.6 is 11.3 Å². The Morgan fingerprint density at radius 1 is 1.85 bits per heavy atom. The third-order valence-electron chi connectivity index (χ3n) is 1.53. The minimum atomic E-state index is -0.909. The molecule has 1 unspecified atom stereocenters. The maximum atomic E-state index is 10.8. The Morgan fingerprint density at radius 2 is 2.62 bits per heavy atom. The Hall–Kier alpha value is -1.31. The zero-order chi connectivity index (χ0) is 9.68. The highest BCUT2D eigenvalue weighted by molar-refractivity contribution is 7.08. The number of aliphatic carboxylic acids is 1. The molecule has 68 valence electrons. The number of carboxylic acid groups (broad SMARTS) is 1. The molecule has 0 spiro atoms. The maximum absolute atomic E-state index is 10.8. The van der Waals surface area contributed by atoms with Gasteiger partial charge in [0, 0.05) is 0 Å². The van der Waals surface area contributed by atoms with Crippen LogP contribution in [-0.2, 0) is 4.79 Å². The maximum Gasteiger partial charge on any atom is 0.325 e. The van der Waals surface area contributed by atoms with E-state index in [4.69, 9.17) is 11.5 Å². The second-order valence-corrected chi connectivity index (χ2v) is 3.19. The molecule has 0 aliphatic carbocycles. The number of nitrogens with one attached hydrogen (secondary N) is 1. The zero-order valence-corrected chi connectivity index (χ0v) is 7.67. The Morgan fingerprint density at radius 3 is 3.08 bits per heavy atom. The van der Waals surface area contributed by atoms with Crippen molar-refractivity contribution in [2.45, 2.75) is 6.04 Å². The highest BCUT2D eigenvalue weighted by atomic mass is 32.1. The van der Waals surface area contributed by atoms with E-state index < -0.39 is 12.0 Å². The number of rotatable bonds is 4. The number of carboxylic acids is 1. The molecule has 1 aromatic rings. The van der Waals surface area contributed by atoms with Gasteiger partial charge in [-0.15, -0.1) is 6.42 Å². The summed E-state index contributed by atoms with van der Waals surface area (Å²) in [6, 6.07) is 1.08. The largest absolute Gasteiger partial charge is 0.480 e. The second kappa shape index (κ2) is 4.65. The fraction of sp³-hybridized carbons (Fsp3) is 0.222. The SMILES string of the molecule is C#CCNC(C(=O)O)c1ccsc1. The van der Waals surface area contributed by atoms with E-state index in [0.717, 1.165) is 5.56 Å². The van der Waals surface area contributed by atoms with E-state index in [2.05, 4.69) is 11.2 Å². The van der Waals surface area contributed by atoms with Crippen LogP contribution in [0.5, 0.6) is 0 Å². The summed E-state index contributed by atoms with van der Waals surface area (Å²) >= 11 is 1.46. The molecule has 0 bridgehead atoms. The first-order valence-electron chi connectivity index (χ1n) is 3.67. The lowest BCUT2D eigenvalue weighted by Gasteiger charge is -2.10. The van der Waals surface area contributed by atoms with Gasteiger partial charge in [-0.2, -0.15) is 11.3 Å². The van der Waals surface area contributed by atoms with Gasteiger partial charge in [0.05, 0.1) is 6.54 Å². The molecule has 1 rings (SSSR count). The van der Waals surface area contributed by atoms with Crippen LogP contribution < -0.4 is 5.32 Å². The lowest BCUT2D eigenvalue weighted by Crippen LogP contribution is -2.28. The van der Waals surface area contributed by atoms with E-state index in [1.54, 1.807) is 11.4 Å². The van der Waals surface area contributed by atoms with Gasteiger partial charge in [0.1, 0.15) is 6.04 Å². The number of carbonyl (C=O) groups is 1. The van der Waals surface area contributed by atoms with Gasteiger partial charge in [0.25, 0.3) is 0 Å². The third kappa shape index (κ3) is 2.58. The van der Waals surface area contributed by atoms with Crippen molar-refractivity contribution in [1.82, 2.24) is 5.32 Å². The van der Waals surface area contributed by atoms with E-state index in [1.165, 1.54) is 11.3 Å². The Kier molecular flexibility index (Phi) is 3.50. The molecule has 13 heavy (non-hydrogen) atoms. The van der Waals surface area contributed by atoms with Crippen molar-refractivity contribution in [2.24, 2.45) is 0 Å². The van der Waals surface area contributed by atoms with Gasteiger partial charge in [-0.1, -0.05) is 5.92 Å². The summed E-state index contributed by atoms with van der Waals surface area (Å²) in [5.74, 6) is 1.44. The quantitative estimate of drug-likeness (QED) is 0.707. The summed E-state index contributed by atoms with van der Waals surface area (Å²) in [5.41, 5.74) is 0.743. The van der Waals surface area contributed by atoms with Gasteiger partial charge in [-0.3, -0.25) is 10.1 Å². The molecular formula is C9H9NO2S. The predicted molar refractivity (Wildman–Crippen MR) is 51.5 cm³/mol. The molecule has 0 amide bonds. The minimum absolute atomic E-state index is 0.257. The standard InChI is InChI=1S/C9H9NO2S/c1-2-4-10-8(9(11)12)7-3-5-13-6-7/h1,3,5-6,8,10H,4H2,(H,11,12). The molecule has 0 aliphatic rings. The van der Waals surface area contributed by atoms with E-state index in [-0.39, 0.29) is 6.54 Å². The van der Waals surface area contributed by atoms with Gasteiger partial charge >= 0.3 is 5.97 Å². The van der Waals surface area contributed by atoms with Gasteiger partial charge in [0.15, 0.2) is 0 Å². The molecule has 1 heterocycles. The third-order valence-corrected chi connectivity index (χ3v) is 2.23. The van der Waals surface area contributed by atoms with Crippen molar-refractivity contribution in [2.75, 3.05) is 6.54 Å². The van der Waals surface area contributed by atoms with Crippen molar-refractivity contribution >= 4 is 17.3 Å². The van der Waals surface area contributed by atoms with Crippen LogP contribution in [0.4, 0.5) is 0 Å². The normalized spacial score (nSPS) is 11.9. The van der Waals surface area contributed by atoms with Crippen molar-refractivity contribution < 1.29 is 9.90 Å². The highest BCUT2D eigenvalue weighted by Gasteiger charge is 2.18. The number of thiophene rings is 1. The van der Waals surface area contributed by atoms with E-state index in [0.29, 0.717) is 0 Å². The first-order chi connectivity index (χ1) is 6.25. The summed E-state index contributed by atoms with van der Waals surface area (Å²) in [7, 11) is 0. The topological polar surface area (TPSA) is 49.3 Å². The lowest BCUT2D eigenvalue weighted by atomic mass is 10.1. The molecule has 0 fully saturated rings. The second-order valence-electron chi connectivity index (χ2n) is 2.41. The molecule has 1 aromatic heterocycles. The average Bonchev–Trinajstić information content (AvgIpc) is 2.57. The summed E-state index contributed by atoms with van der Waals surface area (Å²) in [6.45, 7) is 0.257. The highest BCUT2D eigenvalue weighted by Crippen LogP contribution is 2.16. The Labute approximate surface area is 80.4 Å². The molecular weight excluding hydrogens is 186 g/mol. The van der Waals surface area contributed by atoms with Gasteiger partial charge in [-0.05, 0) is 22.4 Å². The molecule has 1 atom stereocenters. The minimum Gasteiger partial charge on any atom is -0.480 e. The monoisotopic (exact) mass is 195 g/mol. The van der Waals surface area contributed by atoms with Crippen LogP contribution in [0.25, 0.3) is 0 Å². The lowest BCUT2D eigenvalue weighted by molar-refractivity contribution is -0.139. The van der Waals surface area contributed by atoms with E-state index in [9.17, 15) is 4.79 Å². The summed E-state index contributed by atoms with van der Waals surface area (Å²) in [6.07, 6.45) is 5.03. The van der Waals surface area contributed by atoms with E-state index in [1.807, 2.05) is 5.38 Å². The zero-order valence-electron chi connectivity index (χ0n) is 6.86. The number of hydrogen-bond acceptors (Lipinski definition) is 3. The van der Waals surface area contributed by atoms with Crippen molar-refractivity contribution in [3.63, 3.8) is 0 Å². The van der Waals surface area contributed by atoms with Crippen LogP contribution in [0, 0.1) is 12.3 Å². The molecule has 0 saturated heterocycles. The van der Waals surface area contributed by atoms with Crippen LogP contribution in [0.1, 0.15) is 11.6 Å². The molecule has 0 radical (unpaired) electrons. The van der Waals surface area contributed by atoms with Crippen molar-refractivity contribution in [1.29, 1.82) is 0 Å². The van der Waals surface area contributed by atoms with Gasteiger partial charge in [0.2, 0.25) is 0 Å².